The van der Waals surface area contributed by atoms with Gasteiger partial charge in [0.2, 0.25) is 5.91 Å². The molecule has 0 aromatic rings. The Morgan fingerprint density at radius 1 is 1.30 bits per heavy atom. The van der Waals surface area contributed by atoms with E-state index in [1.165, 1.54) is 0 Å². The van der Waals surface area contributed by atoms with Crippen LogP contribution in [0.5, 0.6) is 0 Å². The molecule has 1 unspecified atom stereocenters. The van der Waals surface area contributed by atoms with Gasteiger partial charge in [0.25, 0.3) is 0 Å². The van der Waals surface area contributed by atoms with Crippen molar-refractivity contribution >= 4 is 5.91 Å². The second kappa shape index (κ2) is 8.63. The van der Waals surface area contributed by atoms with Crippen molar-refractivity contribution in [3.8, 4) is 0 Å². The average molecular weight is 283 g/mol. The molecule has 0 aromatic heterocycles. The fraction of sp³-hybridized carbons (Fsp3) is 0.938. The molecule has 1 amide bonds. The van der Waals surface area contributed by atoms with Crippen molar-refractivity contribution in [2.45, 2.75) is 59.4 Å². The third kappa shape index (κ3) is 5.41. The number of piperidine rings is 1. The van der Waals surface area contributed by atoms with E-state index >= 15 is 0 Å². The molecule has 0 bridgehead atoms. The van der Waals surface area contributed by atoms with Gasteiger partial charge < -0.3 is 15.5 Å². The Morgan fingerprint density at radius 3 is 2.45 bits per heavy atom. The smallest absolute Gasteiger partial charge is 0.226 e. The molecule has 4 nitrogen and oxygen atoms in total. The van der Waals surface area contributed by atoms with E-state index in [0.29, 0.717) is 0 Å². The SMILES string of the molecule is CCN(CC)CCCC(C)NC(=O)C1(C)CCNCC1. The number of carbonyl (C=O) groups excluding carboxylic acids is 1. The van der Waals surface area contributed by atoms with Gasteiger partial charge in [-0.25, -0.2) is 0 Å². The highest BCUT2D eigenvalue weighted by Gasteiger charge is 2.34. The first-order chi connectivity index (χ1) is 9.51. The highest BCUT2D eigenvalue weighted by Crippen LogP contribution is 2.28. The molecular weight excluding hydrogens is 250 g/mol. The van der Waals surface area contributed by atoms with Crippen LogP contribution >= 0.6 is 0 Å². The van der Waals surface area contributed by atoms with Gasteiger partial charge in [0.15, 0.2) is 0 Å². The molecular formula is C16H33N3O. The molecule has 4 heteroatoms. The van der Waals surface area contributed by atoms with E-state index in [4.69, 9.17) is 0 Å². The van der Waals surface area contributed by atoms with Gasteiger partial charge >= 0.3 is 0 Å². The molecule has 0 aliphatic carbocycles. The zero-order valence-electron chi connectivity index (χ0n) is 13.8. The highest BCUT2D eigenvalue weighted by atomic mass is 16.2. The first-order valence-corrected chi connectivity index (χ1v) is 8.26. The molecule has 0 spiro atoms. The molecule has 0 aromatic carbocycles. The van der Waals surface area contributed by atoms with Crippen molar-refractivity contribution in [2.24, 2.45) is 5.41 Å². The van der Waals surface area contributed by atoms with Gasteiger partial charge in [-0.05, 0) is 65.3 Å². The highest BCUT2D eigenvalue weighted by molar-refractivity contribution is 5.82. The van der Waals surface area contributed by atoms with Crippen LogP contribution in [0.1, 0.15) is 53.4 Å². The van der Waals surface area contributed by atoms with Crippen molar-refractivity contribution in [3.05, 3.63) is 0 Å². The molecule has 1 saturated heterocycles. The van der Waals surface area contributed by atoms with Crippen LogP contribution in [0.25, 0.3) is 0 Å². The van der Waals surface area contributed by atoms with Crippen LogP contribution in [0.3, 0.4) is 0 Å². The fourth-order valence-corrected chi connectivity index (χ4v) is 2.84. The average Bonchev–Trinajstić information content (AvgIpc) is 2.44. The van der Waals surface area contributed by atoms with Crippen molar-refractivity contribution in [2.75, 3.05) is 32.7 Å². The third-order valence-corrected chi connectivity index (χ3v) is 4.64. The summed E-state index contributed by atoms with van der Waals surface area (Å²) in [6.45, 7) is 13.9. The Kier molecular flexibility index (Phi) is 7.52. The van der Waals surface area contributed by atoms with Gasteiger partial charge in [-0.15, -0.1) is 0 Å². The number of amides is 1. The van der Waals surface area contributed by atoms with Crippen LogP contribution in [0.4, 0.5) is 0 Å². The molecule has 0 saturated carbocycles. The van der Waals surface area contributed by atoms with Gasteiger partial charge in [-0.2, -0.15) is 0 Å². The predicted octanol–water partition coefficient (Wildman–Crippen LogP) is 2.00. The van der Waals surface area contributed by atoms with Gasteiger partial charge in [0.1, 0.15) is 0 Å². The van der Waals surface area contributed by atoms with E-state index in [9.17, 15) is 4.79 Å². The van der Waals surface area contributed by atoms with Crippen molar-refractivity contribution in [3.63, 3.8) is 0 Å². The predicted molar refractivity (Wildman–Crippen MR) is 84.8 cm³/mol. The largest absolute Gasteiger partial charge is 0.353 e. The first kappa shape index (κ1) is 17.4. The van der Waals surface area contributed by atoms with Crippen molar-refractivity contribution in [1.29, 1.82) is 0 Å². The maximum absolute atomic E-state index is 12.4. The molecule has 1 aliphatic heterocycles. The summed E-state index contributed by atoms with van der Waals surface area (Å²) in [7, 11) is 0. The van der Waals surface area contributed by atoms with Gasteiger partial charge in [-0.3, -0.25) is 4.79 Å². The molecule has 1 fully saturated rings. The summed E-state index contributed by atoms with van der Waals surface area (Å²) in [6, 6.07) is 0.282. The first-order valence-electron chi connectivity index (χ1n) is 8.26. The van der Waals surface area contributed by atoms with Gasteiger partial charge in [0, 0.05) is 11.5 Å². The Bertz CT molecular complexity index is 283. The topological polar surface area (TPSA) is 44.4 Å². The zero-order chi connectivity index (χ0) is 15.0. The van der Waals surface area contributed by atoms with E-state index in [0.717, 1.165) is 58.4 Å². The van der Waals surface area contributed by atoms with Gasteiger partial charge in [-0.1, -0.05) is 20.8 Å². The van der Waals surface area contributed by atoms with Crippen LogP contribution in [-0.2, 0) is 4.79 Å². The normalized spacial score (nSPS) is 19.9. The van der Waals surface area contributed by atoms with E-state index in [1.54, 1.807) is 0 Å². The summed E-state index contributed by atoms with van der Waals surface area (Å²) >= 11 is 0. The Morgan fingerprint density at radius 2 is 1.90 bits per heavy atom. The van der Waals surface area contributed by atoms with Crippen LogP contribution in [0.2, 0.25) is 0 Å². The molecule has 0 radical (unpaired) electrons. The Labute approximate surface area is 124 Å². The van der Waals surface area contributed by atoms with E-state index in [-0.39, 0.29) is 17.4 Å². The number of nitrogens with zero attached hydrogens (tertiary/aromatic N) is 1. The van der Waals surface area contributed by atoms with Crippen LogP contribution in [-0.4, -0.2) is 49.6 Å². The standard InChI is InChI=1S/C16H33N3O/c1-5-19(6-2)13-7-8-14(3)18-15(20)16(4)9-11-17-12-10-16/h14,17H,5-13H2,1-4H3,(H,18,20). The lowest BCUT2D eigenvalue weighted by Gasteiger charge is -2.33. The van der Waals surface area contributed by atoms with Gasteiger partial charge in [0.05, 0.1) is 0 Å². The summed E-state index contributed by atoms with van der Waals surface area (Å²) in [5.74, 6) is 0.245. The molecule has 20 heavy (non-hydrogen) atoms. The fourth-order valence-electron chi connectivity index (χ4n) is 2.84. The van der Waals surface area contributed by atoms with E-state index < -0.39 is 0 Å². The number of carbonyl (C=O) groups is 1. The molecule has 1 rings (SSSR count). The zero-order valence-corrected chi connectivity index (χ0v) is 13.8. The summed E-state index contributed by atoms with van der Waals surface area (Å²) in [4.78, 5) is 14.8. The molecule has 118 valence electrons. The lowest BCUT2D eigenvalue weighted by atomic mass is 9.80. The third-order valence-electron chi connectivity index (χ3n) is 4.64. The van der Waals surface area contributed by atoms with E-state index in [1.807, 2.05) is 0 Å². The second-order valence-corrected chi connectivity index (χ2v) is 6.35. The number of nitrogens with one attached hydrogen (secondary N) is 2. The lowest BCUT2D eigenvalue weighted by molar-refractivity contribution is -0.132. The summed E-state index contributed by atoms with van der Waals surface area (Å²) in [6.07, 6.45) is 4.12. The molecule has 2 N–H and O–H groups in total. The number of hydrogen-bond donors (Lipinski definition) is 2. The maximum atomic E-state index is 12.4. The summed E-state index contributed by atoms with van der Waals surface area (Å²) in [5.41, 5.74) is -0.168. The van der Waals surface area contributed by atoms with Crippen molar-refractivity contribution in [1.82, 2.24) is 15.5 Å². The second-order valence-electron chi connectivity index (χ2n) is 6.35. The summed E-state index contributed by atoms with van der Waals surface area (Å²) < 4.78 is 0. The van der Waals surface area contributed by atoms with Crippen LogP contribution in [0, 0.1) is 5.41 Å². The minimum atomic E-state index is -0.168. The maximum Gasteiger partial charge on any atom is 0.226 e. The monoisotopic (exact) mass is 283 g/mol. The Hall–Kier alpha value is -0.610. The summed E-state index contributed by atoms with van der Waals surface area (Å²) in [5, 5.41) is 6.54. The Balaban J connectivity index is 2.27. The molecule has 1 aliphatic rings. The molecule has 1 heterocycles. The quantitative estimate of drug-likeness (QED) is 0.716. The minimum Gasteiger partial charge on any atom is -0.353 e. The number of hydrogen-bond acceptors (Lipinski definition) is 3. The van der Waals surface area contributed by atoms with Crippen molar-refractivity contribution < 1.29 is 4.79 Å². The minimum absolute atomic E-state index is 0.168. The van der Waals surface area contributed by atoms with Crippen LogP contribution in [0.15, 0.2) is 0 Å². The lowest BCUT2D eigenvalue weighted by Crippen LogP contribution is -2.48. The van der Waals surface area contributed by atoms with Crippen LogP contribution < -0.4 is 10.6 Å². The molecule has 1 atom stereocenters. The number of rotatable bonds is 8. The van der Waals surface area contributed by atoms with E-state index in [2.05, 4.69) is 43.2 Å².